The van der Waals surface area contributed by atoms with E-state index in [4.69, 9.17) is 5.73 Å². The molecule has 3 aromatic heterocycles. The van der Waals surface area contributed by atoms with Crippen molar-refractivity contribution in [1.82, 2.24) is 13.9 Å². The predicted octanol–water partition coefficient (Wildman–Crippen LogP) is 1.24. The Kier molecular flexibility index (Phi) is 3.66. The van der Waals surface area contributed by atoms with E-state index in [0.29, 0.717) is 30.1 Å². The molecule has 2 unspecified atom stereocenters. The Bertz CT molecular complexity index is 1090. The second-order valence-electron chi connectivity index (χ2n) is 6.50. The van der Waals surface area contributed by atoms with Gasteiger partial charge in [-0.15, -0.1) is 0 Å². The van der Waals surface area contributed by atoms with Crippen LogP contribution in [0.5, 0.6) is 0 Å². The van der Waals surface area contributed by atoms with Crippen LogP contribution in [-0.4, -0.2) is 33.1 Å². The van der Waals surface area contributed by atoms with E-state index in [1.807, 2.05) is 18.7 Å². The normalized spacial score (nSPS) is 20.9. The minimum absolute atomic E-state index is 0.0392. The Balaban J connectivity index is 2.04. The lowest BCUT2D eigenvalue weighted by Gasteiger charge is -2.19. The summed E-state index contributed by atoms with van der Waals surface area (Å²) in [5.74, 6) is -0.127. The number of anilines is 1. The van der Waals surface area contributed by atoms with Crippen LogP contribution in [-0.2, 0) is 6.54 Å². The molecule has 0 spiro atoms. The van der Waals surface area contributed by atoms with E-state index in [0.717, 1.165) is 11.5 Å². The molecule has 0 bridgehead atoms. The summed E-state index contributed by atoms with van der Waals surface area (Å²) in [6, 6.07) is 1.15. The Labute approximate surface area is 146 Å². The third-order valence-corrected chi connectivity index (χ3v) is 5.78. The van der Waals surface area contributed by atoms with Gasteiger partial charge in [0, 0.05) is 25.7 Å². The molecule has 0 radical (unpaired) electrons. The quantitative estimate of drug-likeness (QED) is 0.714. The van der Waals surface area contributed by atoms with Crippen molar-refractivity contribution in [3.8, 4) is 0 Å². The van der Waals surface area contributed by atoms with Crippen LogP contribution in [0.1, 0.15) is 13.8 Å². The highest BCUT2D eigenvalue weighted by molar-refractivity contribution is 7.12. The largest absolute Gasteiger partial charge is 0.352 e. The zero-order chi connectivity index (χ0) is 17.9. The predicted molar refractivity (Wildman–Crippen MR) is 97.0 cm³/mol. The van der Waals surface area contributed by atoms with Crippen molar-refractivity contribution >= 4 is 38.6 Å². The molecular weight excluding hydrogens is 345 g/mol. The molecule has 1 saturated heterocycles. The monoisotopic (exact) mass is 363 g/mol. The van der Waals surface area contributed by atoms with Crippen LogP contribution >= 0.6 is 11.5 Å². The molecule has 0 aromatic carbocycles. The lowest BCUT2D eigenvalue weighted by Crippen LogP contribution is -2.29. The third-order valence-electron chi connectivity index (χ3n) is 4.88. The van der Waals surface area contributed by atoms with Gasteiger partial charge in [0.15, 0.2) is 11.6 Å². The van der Waals surface area contributed by atoms with Crippen LogP contribution in [0.2, 0.25) is 0 Å². The topological polar surface area (TPSA) is 97.0 Å². The molecular formula is C16H18FN5O2S. The summed E-state index contributed by atoms with van der Waals surface area (Å²) < 4.78 is 19.0. The van der Waals surface area contributed by atoms with Crippen LogP contribution in [0.3, 0.4) is 0 Å². The highest BCUT2D eigenvalue weighted by Gasteiger charge is 2.30. The minimum atomic E-state index is -0.570. The van der Waals surface area contributed by atoms with Crippen molar-refractivity contribution in [2.24, 2.45) is 11.7 Å². The first-order valence-electron chi connectivity index (χ1n) is 8.17. The summed E-state index contributed by atoms with van der Waals surface area (Å²) >= 11 is 1.10. The van der Waals surface area contributed by atoms with Gasteiger partial charge in [0.25, 0.3) is 5.56 Å². The van der Waals surface area contributed by atoms with Crippen LogP contribution in [0.25, 0.3) is 21.3 Å². The molecule has 1 fully saturated rings. The summed E-state index contributed by atoms with van der Waals surface area (Å²) in [6.45, 7) is 5.56. The van der Waals surface area contributed by atoms with Gasteiger partial charge >= 0.3 is 0 Å². The Morgan fingerprint density at radius 1 is 1.44 bits per heavy atom. The van der Waals surface area contributed by atoms with E-state index in [2.05, 4.69) is 9.36 Å². The first-order valence-corrected chi connectivity index (χ1v) is 8.98. The van der Waals surface area contributed by atoms with Crippen LogP contribution in [0.4, 0.5) is 10.2 Å². The summed E-state index contributed by atoms with van der Waals surface area (Å²) in [5.41, 5.74) is 5.50. The molecule has 7 nitrogen and oxygen atoms in total. The lowest BCUT2D eigenvalue weighted by atomic mass is 10.1. The molecule has 0 amide bonds. The van der Waals surface area contributed by atoms with E-state index in [9.17, 15) is 14.0 Å². The number of fused-ring (bicyclic) bond motifs is 2. The van der Waals surface area contributed by atoms with E-state index >= 15 is 0 Å². The second-order valence-corrected chi connectivity index (χ2v) is 7.29. The number of halogens is 1. The van der Waals surface area contributed by atoms with Crippen LogP contribution in [0.15, 0.2) is 15.7 Å². The second kappa shape index (κ2) is 5.63. The van der Waals surface area contributed by atoms with Crippen molar-refractivity contribution in [2.45, 2.75) is 26.4 Å². The van der Waals surface area contributed by atoms with Gasteiger partial charge in [-0.2, -0.15) is 0 Å². The fourth-order valence-corrected chi connectivity index (χ4v) is 4.34. The SMILES string of the molecule is CCn1c2nc(N3CC(C)C(N)C3)c(F)cc2c(=O)c2c(=O)[nH]sc21. The average Bonchev–Trinajstić information content (AvgIpc) is 3.11. The smallest absolute Gasteiger partial charge is 0.271 e. The zero-order valence-electron chi connectivity index (χ0n) is 13.9. The molecule has 0 aliphatic carbocycles. The fraction of sp³-hybridized carbons (Fsp3) is 0.438. The number of aromatic amines is 1. The molecule has 3 N–H and O–H groups in total. The van der Waals surface area contributed by atoms with Crippen molar-refractivity contribution < 1.29 is 4.39 Å². The number of nitrogens with one attached hydrogen (secondary N) is 1. The number of pyridine rings is 2. The van der Waals surface area contributed by atoms with Crippen molar-refractivity contribution in [3.05, 3.63) is 32.5 Å². The van der Waals surface area contributed by atoms with Crippen LogP contribution in [0, 0.1) is 11.7 Å². The number of aryl methyl sites for hydroxylation is 1. The summed E-state index contributed by atoms with van der Waals surface area (Å²) in [6.07, 6.45) is 0. The highest BCUT2D eigenvalue weighted by Crippen LogP contribution is 2.27. The summed E-state index contributed by atoms with van der Waals surface area (Å²) in [5, 5.41) is 0.182. The molecule has 2 atom stereocenters. The Hall–Kier alpha value is -2.26. The third kappa shape index (κ3) is 2.30. The molecule has 25 heavy (non-hydrogen) atoms. The van der Waals surface area contributed by atoms with Crippen molar-refractivity contribution in [2.75, 3.05) is 18.0 Å². The molecule has 4 heterocycles. The number of nitrogens with zero attached hydrogens (tertiary/aromatic N) is 3. The van der Waals surface area contributed by atoms with Crippen molar-refractivity contribution in [1.29, 1.82) is 0 Å². The number of hydrogen-bond donors (Lipinski definition) is 2. The first-order chi connectivity index (χ1) is 11.9. The molecule has 132 valence electrons. The van der Waals surface area contributed by atoms with Gasteiger partial charge in [0.1, 0.15) is 15.9 Å². The summed E-state index contributed by atoms with van der Waals surface area (Å²) in [4.78, 5) is 31.4. The highest BCUT2D eigenvalue weighted by atomic mass is 32.1. The van der Waals surface area contributed by atoms with E-state index in [1.54, 1.807) is 4.57 Å². The number of H-pyrrole nitrogens is 1. The molecule has 4 rings (SSSR count). The number of nitrogens with two attached hydrogens (primary N) is 1. The average molecular weight is 363 g/mol. The van der Waals surface area contributed by atoms with Crippen LogP contribution < -0.4 is 21.6 Å². The maximum Gasteiger partial charge on any atom is 0.271 e. The molecule has 1 aliphatic rings. The van der Waals surface area contributed by atoms with E-state index < -0.39 is 16.8 Å². The van der Waals surface area contributed by atoms with Crippen molar-refractivity contribution in [3.63, 3.8) is 0 Å². The van der Waals surface area contributed by atoms with Gasteiger partial charge < -0.3 is 15.2 Å². The molecule has 3 aromatic rings. The maximum atomic E-state index is 14.7. The number of rotatable bonds is 2. The number of aromatic nitrogens is 3. The lowest BCUT2D eigenvalue weighted by molar-refractivity contribution is 0.565. The number of hydrogen-bond acceptors (Lipinski definition) is 6. The van der Waals surface area contributed by atoms with Gasteiger partial charge in [-0.05, 0) is 30.4 Å². The van der Waals surface area contributed by atoms with Gasteiger partial charge in [0.05, 0.1) is 5.39 Å². The van der Waals surface area contributed by atoms with E-state index in [1.165, 1.54) is 6.07 Å². The van der Waals surface area contributed by atoms with Gasteiger partial charge in [-0.3, -0.25) is 14.0 Å². The Morgan fingerprint density at radius 2 is 2.20 bits per heavy atom. The van der Waals surface area contributed by atoms with Gasteiger partial charge in [-0.1, -0.05) is 6.92 Å². The fourth-order valence-electron chi connectivity index (χ4n) is 3.44. The first kappa shape index (κ1) is 16.2. The zero-order valence-corrected chi connectivity index (χ0v) is 14.7. The maximum absolute atomic E-state index is 14.7. The Morgan fingerprint density at radius 3 is 2.84 bits per heavy atom. The van der Waals surface area contributed by atoms with Gasteiger partial charge in [0.2, 0.25) is 5.43 Å². The molecule has 1 aliphatic heterocycles. The van der Waals surface area contributed by atoms with E-state index in [-0.39, 0.29) is 28.6 Å². The molecule has 0 saturated carbocycles. The summed E-state index contributed by atoms with van der Waals surface area (Å²) in [7, 11) is 0. The minimum Gasteiger partial charge on any atom is -0.352 e. The molecule has 9 heteroatoms. The van der Waals surface area contributed by atoms with Gasteiger partial charge in [-0.25, -0.2) is 9.37 Å². The standard InChI is InChI=1S/C16H18FN5O2S/c1-3-22-13-8(12(23)11-15(24)20-25-16(11)22)4-9(17)14(19-13)21-5-7(2)10(18)6-21/h4,7,10H,3,5-6,18H2,1-2H3,(H,20,24).